The summed E-state index contributed by atoms with van der Waals surface area (Å²) in [7, 11) is 0. The lowest BCUT2D eigenvalue weighted by molar-refractivity contribution is -0.385. The second-order valence-electron chi connectivity index (χ2n) is 4.48. The summed E-state index contributed by atoms with van der Waals surface area (Å²) in [4.78, 5) is 24.9. The fourth-order valence-electron chi connectivity index (χ4n) is 1.79. The number of aromatic carboxylic acids is 1. The third kappa shape index (κ3) is 3.14. The Kier molecular flexibility index (Phi) is 3.84. The number of nitrogens with zero attached hydrogens (tertiary/aromatic N) is 2. The van der Waals surface area contributed by atoms with Crippen molar-refractivity contribution in [3.05, 3.63) is 57.3 Å². The zero-order valence-corrected chi connectivity index (χ0v) is 11.4. The fraction of sp³-hybridized carbons (Fsp3) is 0.143. The topological polar surface area (TPSA) is 103 Å². The van der Waals surface area contributed by atoms with Gasteiger partial charge >= 0.3 is 5.97 Å². The quantitative estimate of drug-likeness (QED) is 0.685. The Labute approximate surface area is 120 Å². The van der Waals surface area contributed by atoms with Crippen LogP contribution in [0.2, 0.25) is 0 Å². The number of hydrogen-bond acceptors (Lipinski definition) is 5. The third-order valence-electron chi connectivity index (χ3n) is 2.81. The van der Waals surface area contributed by atoms with Crippen molar-refractivity contribution in [3.63, 3.8) is 0 Å². The number of carboxylic acid groups (broad SMARTS) is 1. The van der Waals surface area contributed by atoms with Crippen LogP contribution in [0.4, 0.5) is 5.69 Å². The van der Waals surface area contributed by atoms with Crippen molar-refractivity contribution >= 4 is 11.7 Å². The lowest BCUT2D eigenvalue weighted by Gasteiger charge is -2.10. The minimum Gasteiger partial charge on any atom is -0.477 e. The van der Waals surface area contributed by atoms with Gasteiger partial charge in [-0.2, -0.15) is 0 Å². The van der Waals surface area contributed by atoms with Crippen LogP contribution in [-0.2, 0) is 0 Å². The SMILES string of the molecule is Cc1ccc(Oc2ncc([N+](=O)[O-])cc2C(=O)O)c(C)c1. The van der Waals surface area contributed by atoms with Crippen molar-refractivity contribution in [1.29, 1.82) is 0 Å². The predicted octanol–water partition coefficient (Wildman–Crippen LogP) is 3.10. The van der Waals surface area contributed by atoms with E-state index in [2.05, 4.69) is 4.98 Å². The normalized spacial score (nSPS) is 10.2. The van der Waals surface area contributed by atoms with Gasteiger partial charge in [0.15, 0.2) is 0 Å². The maximum absolute atomic E-state index is 11.2. The summed E-state index contributed by atoms with van der Waals surface area (Å²) in [5.74, 6) is -1.07. The highest BCUT2D eigenvalue weighted by Crippen LogP contribution is 2.28. The molecule has 1 heterocycles. The van der Waals surface area contributed by atoms with Gasteiger partial charge in [0, 0.05) is 6.07 Å². The maximum atomic E-state index is 11.2. The molecule has 0 aliphatic carbocycles. The van der Waals surface area contributed by atoms with Crippen LogP contribution in [0.25, 0.3) is 0 Å². The average Bonchev–Trinajstić information content (AvgIpc) is 2.41. The molecular formula is C14H12N2O5. The molecule has 0 spiro atoms. The Morgan fingerprint density at radius 1 is 1.33 bits per heavy atom. The molecule has 0 unspecified atom stereocenters. The highest BCUT2D eigenvalue weighted by Gasteiger charge is 2.19. The Balaban J connectivity index is 2.44. The summed E-state index contributed by atoms with van der Waals surface area (Å²) in [5, 5.41) is 19.8. The monoisotopic (exact) mass is 288 g/mol. The van der Waals surface area contributed by atoms with Crippen LogP contribution in [0.5, 0.6) is 11.6 Å². The molecule has 0 bridgehead atoms. The van der Waals surface area contributed by atoms with Crippen LogP contribution in [0.1, 0.15) is 21.5 Å². The molecule has 0 atom stereocenters. The van der Waals surface area contributed by atoms with Gasteiger partial charge in [-0.1, -0.05) is 17.7 Å². The lowest BCUT2D eigenvalue weighted by atomic mass is 10.1. The molecule has 0 fully saturated rings. The molecule has 1 aromatic heterocycles. The number of ether oxygens (including phenoxy) is 1. The third-order valence-corrected chi connectivity index (χ3v) is 2.81. The van der Waals surface area contributed by atoms with E-state index in [-0.39, 0.29) is 11.4 Å². The Hall–Kier alpha value is -2.96. The molecule has 0 aliphatic rings. The van der Waals surface area contributed by atoms with Gasteiger partial charge in [0.25, 0.3) is 5.69 Å². The number of aryl methyl sites for hydroxylation is 2. The van der Waals surface area contributed by atoms with Crippen LogP contribution >= 0.6 is 0 Å². The summed E-state index contributed by atoms with van der Waals surface area (Å²) >= 11 is 0. The Morgan fingerprint density at radius 3 is 2.62 bits per heavy atom. The molecule has 7 heteroatoms. The van der Waals surface area contributed by atoms with E-state index in [0.29, 0.717) is 5.75 Å². The number of aromatic nitrogens is 1. The summed E-state index contributed by atoms with van der Waals surface area (Å²) in [6, 6.07) is 6.31. The Bertz CT molecular complexity index is 727. The van der Waals surface area contributed by atoms with Crippen molar-refractivity contribution in [2.45, 2.75) is 13.8 Å². The van der Waals surface area contributed by atoms with Gasteiger partial charge in [0.1, 0.15) is 17.5 Å². The van der Waals surface area contributed by atoms with Crippen LogP contribution in [0.3, 0.4) is 0 Å². The van der Waals surface area contributed by atoms with Crippen molar-refractivity contribution in [2.75, 3.05) is 0 Å². The molecule has 1 N–H and O–H groups in total. The molecule has 0 amide bonds. The number of pyridine rings is 1. The largest absolute Gasteiger partial charge is 0.477 e. The molecule has 2 aromatic rings. The second-order valence-corrected chi connectivity index (χ2v) is 4.48. The van der Waals surface area contributed by atoms with E-state index >= 15 is 0 Å². The van der Waals surface area contributed by atoms with Crippen LogP contribution in [0, 0.1) is 24.0 Å². The highest BCUT2D eigenvalue weighted by atomic mass is 16.6. The first kappa shape index (κ1) is 14.4. The summed E-state index contributed by atoms with van der Waals surface area (Å²) in [6.45, 7) is 3.73. The molecule has 21 heavy (non-hydrogen) atoms. The van der Waals surface area contributed by atoms with E-state index in [0.717, 1.165) is 23.4 Å². The van der Waals surface area contributed by atoms with Gasteiger partial charge < -0.3 is 9.84 Å². The van der Waals surface area contributed by atoms with Gasteiger partial charge in [-0.05, 0) is 25.5 Å². The van der Waals surface area contributed by atoms with E-state index in [9.17, 15) is 14.9 Å². The molecule has 0 aliphatic heterocycles. The molecule has 108 valence electrons. The van der Waals surface area contributed by atoms with E-state index in [1.54, 1.807) is 6.07 Å². The maximum Gasteiger partial charge on any atom is 0.341 e. The summed E-state index contributed by atoms with van der Waals surface area (Å²) in [5.41, 5.74) is 1.09. The van der Waals surface area contributed by atoms with Crippen molar-refractivity contribution in [2.24, 2.45) is 0 Å². The number of benzene rings is 1. The fourth-order valence-corrected chi connectivity index (χ4v) is 1.79. The highest BCUT2D eigenvalue weighted by molar-refractivity contribution is 5.91. The van der Waals surface area contributed by atoms with Crippen molar-refractivity contribution in [1.82, 2.24) is 4.98 Å². The smallest absolute Gasteiger partial charge is 0.341 e. The number of nitro groups is 1. The van der Waals surface area contributed by atoms with Crippen molar-refractivity contribution in [3.8, 4) is 11.6 Å². The average molecular weight is 288 g/mol. The van der Waals surface area contributed by atoms with Gasteiger partial charge in [0.05, 0.1) is 4.92 Å². The summed E-state index contributed by atoms with van der Waals surface area (Å²) in [6.07, 6.45) is 0.964. The summed E-state index contributed by atoms with van der Waals surface area (Å²) < 4.78 is 5.48. The first-order valence-corrected chi connectivity index (χ1v) is 6.01. The standard InChI is InChI=1S/C14H12N2O5/c1-8-3-4-12(9(2)5-8)21-13-11(14(17)18)6-10(7-15-13)16(19)20/h3-7H,1-2H3,(H,17,18). The molecule has 1 aromatic carbocycles. The number of carboxylic acids is 1. The lowest BCUT2D eigenvalue weighted by Crippen LogP contribution is -2.04. The van der Waals surface area contributed by atoms with Gasteiger partial charge in [-0.15, -0.1) is 0 Å². The zero-order valence-electron chi connectivity index (χ0n) is 11.4. The first-order chi connectivity index (χ1) is 9.88. The molecular weight excluding hydrogens is 276 g/mol. The Morgan fingerprint density at radius 2 is 2.05 bits per heavy atom. The van der Waals surface area contributed by atoms with E-state index < -0.39 is 16.6 Å². The van der Waals surface area contributed by atoms with Crippen LogP contribution < -0.4 is 4.74 Å². The van der Waals surface area contributed by atoms with Crippen LogP contribution in [0.15, 0.2) is 30.5 Å². The van der Waals surface area contributed by atoms with Gasteiger partial charge in [0.2, 0.25) is 5.88 Å². The minimum atomic E-state index is -1.34. The van der Waals surface area contributed by atoms with Crippen molar-refractivity contribution < 1.29 is 19.6 Å². The van der Waals surface area contributed by atoms with E-state index in [1.165, 1.54) is 0 Å². The second kappa shape index (κ2) is 5.58. The van der Waals surface area contributed by atoms with Crippen LogP contribution in [-0.4, -0.2) is 21.0 Å². The first-order valence-electron chi connectivity index (χ1n) is 6.01. The van der Waals surface area contributed by atoms with Gasteiger partial charge in [-0.25, -0.2) is 9.78 Å². The predicted molar refractivity (Wildman–Crippen MR) is 73.8 cm³/mol. The molecule has 7 nitrogen and oxygen atoms in total. The molecule has 0 saturated carbocycles. The minimum absolute atomic E-state index is 0.181. The number of hydrogen-bond donors (Lipinski definition) is 1. The number of carbonyl (C=O) groups is 1. The van der Waals surface area contributed by atoms with E-state index in [4.69, 9.17) is 9.84 Å². The molecule has 0 radical (unpaired) electrons. The molecule has 2 rings (SSSR count). The van der Waals surface area contributed by atoms with E-state index in [1.807, 2.05) is 26.0 Å². The number of rotatable bonds is 4. The molecule has 0 saturated heterocycles. The van der Waals surface area contributed by atoms with Gasteiger partial charge in [-0.3, -0.25) is 10.1 Å². The zero-order chi connectivity index (χ0) is 15.6.